The molecule has 3 N–H and O–H groups in total. The van der Waals surface area contributed by atoms with Crippen LogP contribution >= 0.6 is 11.6 Å². The number of carbonyl (C=O) groups is 1. The highest BCUT2D eigenvalue weighted by Gasteiger charge is 2.36. The molecule has 0 saturated carbocycles. The minimum atomic E-state index is -4.68. The molecule has 8 nitrogen and oxygen atoms in total. The van der Waals surface area contributed by atoms with Crippen molar-refractivity contribution in [2.45, 2.75) is 25.6 Å². The Bertz CT molecular complexity index is 1410. The fraction of sp³-hybridized carbons (Fsp3) is 0.250. The molecule has 12 heteroatoms. The highest BCUT2D eigenvalue weighted by Crippen LogP contribution is 2.38. The van der Waals surface area contributed by atoms with E-state index in [2.05, 4.69) is 20.4 Å². The standard InChI is InChI=1S/C24H22ClF3N6O2/c1-13-17(23(35)30-8-7-20(36-2)14-3-5-16(25)6-4-14)9-15(11-31-13)19-10-18(24(26,27)28)21-22(29)32-12-33-34(19)21/h3-6,9-12,20H,7-8H2,1-2H3,(H,30,35)(H2,29,32,33)/t20-/m0/s1. The number of benzene rings is 1. The van der Waals surface area contributed by atoms with Crippen LogP contribution in [0.4, 0.5) is 19.0 Å². The van der Waals surface area contributed by atoms with E-state index in [0.717, 1.165) is 22.5 Å². The van der Waals surface area contributed by atoms with E-state index in [-0.39, 0.29) is 34.3 Å². The van der Waals surface area contributed by atoms with E-state index in [1.807, 2.05) is 12.1 Å². The van der Waals surface area contributed by atoms with Gasteiger partial charge >= 0.3 is 6.18 Å². The first-order chi connectivity index (χ1) is 17.1. The summed E-state index contributed by atoms with van der Waals surface area (Å²) < 4.78 is 47.5. The Morgan fingerprint density at radius 3 is 2.61 bits per heavy atom. The van der Waals surface area contributed by atoms with Gasteiger partial charge in [-0.15, -0.1) is 0 Å². The number of ether oxygens (including phenoxy) is 1. The fourth-order valence-electron chi connectivity index (χ4n) is 3.90. The van der Waals surface area contributed by atoms with Crippen molar-refractivity contribution in [3.8, 4) is 11.3 Å². The number of alkyl halides is 3. The average molecular weight is 519 g/mol. The van der Waals surface area contributed by atoms with Gasteiger partial charge in [0, 0.05) is 30.4 Å². The predicted octanol–water partition coefficient (Wildman–Crippen LogP) is 4.86. The van der Waals surface area contributed by atoms with Crippen molar-refractivity contribution >= 4 is 28.8 Å². The number of nitrogens with zero attached hydrogens (tertiary/aromatic N) is 4. The van der Waals surface area contributed by atoms with Crippen molar-refractivity contribution in [1.82, 2.24) is 24.9 Å². The maximum absolute atomic E-state index is 13.7. The molecule has 4 rings (SSSR count). The van der Waals surface area contributed by atoms with Crippen LogP contribution in [0, 0.1) is 6.92 Å². The maximum Gasteiger partial charge on any atom is 0.418 e. The van der Waals surface area contributed by atoms with Crippen LogP contribution in [0.2, 0.25) is 5.02 Å². The SMILES string of the molecule is CO[C@@H](CCNC(=O)c1cc(-c2cc(C(F)(F)F)c3c(N)ncnn23)cnc1C)c1ccc(Cl)cc1. The van der Waals surface area contributed by atoms with Gasteiger partial charge in [0.25, 0.3) is 5.91 Å². The van der Waals surface area contributed by atoms with Gasteiger partial charge in [0.1, 0.15) is 11.8 Å². The average Bonchev–Trinajstić information content (AvgIpc) is 3.24. The lowest BCUT2D eigenvalue weighted by molar-refractivity contribution is -0.136. The van der Waals surface area contributed by atoms with Gasteiger partial charge in [0.05, 0.1) is 28.6 Å². The van der Waals surface area contributed by atoms with Crippen LogP contribution in [-0.4, -0.2) is 39.1 Å². The zero-order chi connectivity index (χ0) is 26.0. The zero-order valence-corrected chi connectivity index (χ0v) is 20.1. The van der Waals surface area contributed by atoms with E-state index in [1.54, 1.807) is 26.2 Å². The Hall–Kier alpha value is -3.70. The molecular weight excluding hydrogens is 497 g/mol. The molecule has 4 aromatic rings. The Balaban J connectivity index is 1.58. The number of hydrogen-bond acceptors (Lipinski definition) is 6. The summed E-state index contributed by atoms with van der Waals surface area (Å²) in [5, 5.41) is 7.37. The maximum atomic E-state index is 13.7. The fourth-order valence-corrected chi connectivity index (χ4v) is 4.03. The number of carbonyl (C=O) groups excluding carboxylic acids is 1. The number of pyridine rings is 1. The number of fused-ring (bicyclic) bond motifs is 1. The molecule has 0 saturated heterocycles. The number of nitrogens with two attached hydrogens (primary N) is 1. The lowest BCUT2D eigenvalue weighted by Crippen LogP contribution is -2.27. The van der Waals surface area contributed by atoms with Crippen LogP contribution in [0.5, 0.6) is 0 Å². The van der Waals surface area contributed by atoms with Crippen LogP contribution < -0.4 is 11.1 Å². The molecule has 0 unspecified atom stereocenters. The number of nitrogen functional groups attached to an aromatic ring is 1. The van der Waals surface area contributed by atoms with Gasteiger partial charge in [-0.1, -0.05) is 23.7 Å². The molecule has 0 bridgehead atoms. The Morgan fingerprint density at radius 2 is 1.94 bits per heavy atom. The van der Waals surface area contributed by atoms with Gasteiger partial charge in [-0.3, -0.25) is 9.78 Å². The third-order valence-electron chi connectivity index (χ3n) is 5.73. The summed E-state index contributed by atoms with van der Waals surface area (Å²) in [6.07, 6.45) is -2.00. The van der Waals surface area contributed by atoms with Crippen molar-refractivity contribution in [2.75, 3.05) is 19.4 Å². The molecule has 1 amide bonds. The van der Waals surface area contributed by atoms with Gasteiger partial charge in [0.2, 0.25) is 0 Å². The van der Waals surface area contributed by atoms with Crippen molar-refractivity contribution < 1.29 is 22.7 Å². The quantitative estimate of drug-likeness (QED) is 0.362. The largest absolute Gasteiger partial charge is 0.418 e. The topological polar surface area (TPSA) is 107 Å². The molecule has 0 aliphatic rings. The molecule has 1 atom stereocenters. The minimum Gasteiger partial charge on any atom is -0.382 e. The second-order valence-corrected chi connectivity index (χ2v) is 8.46. The van der Waals surface area contributed by atoms with Crippen LogP contribution in [0.1, 0.15) is 39.7 Å². The zero-order valence-electron chi connectivity index (χ0n) is 19.3. The van der Waals surface area contributed by atoms with Crippen molar-refractivity contribution in [3.63, 3.8) is 0 Å². The van der Waals surface area contributed by atoms with E-state index in [9.17, 15) is 18.0 Å². The van der Waals surface area contributed by atoms with Crippen molar-refractivity contribution in [3.05, 3.63) is 76.3 Å². The molecule has 3 aromatic heterocycles. The molecular formula is C24H22ClF3N6O2. The van der Waals surface area contributed by atoms with Crippen molar-refractivity contribution in [1.29, 1.82) is 0 Å². The summed E-state index contributed by atoms with van der Waals surface area (Å²) in [6, 6.07) is 9.62. The second kappa shape index (κ2) is 10.1. The molecule has 36 heavy (non-hydrogen) atoms. The van der Waals surface area contributed by atoms with Crippen molar-refractivity contribution in [2.24, 2.45) is 0 Å². The van der Waals surface area contributed by atoms with Crippen LogP contribution in [0.15, 0.2) is 48.9 Å². The molecule has 1 aromatic carbocycles. The summed E-state index contributed by atoms with van der Waals surface area (Å²) in [5.41, 5.74) is 6.28. The summed E-state index contributed by atoms with van der Waals surface area (Å²) >= 11 is 5.93. The number of hydrogen-bond donors (Lipinski definition) is 2. The molecule has 0 fully saturated rings. The Morgan fingerprint density at radius 1 is 1.22 bits per heavy atom. The molecule has 188 valence electrons. The van der Waals surface area contributed by atoms with Crippen LogP contribution in [0.3, 0.4) is 0 Å². The highest BCUT2D eigenvalue weighted by atomic mass is 35.5. The normalized spacial score (nSPS) is 12.6. The van der Waals surface area contributed by atoms with E-state index >= 15 is 0 Å². The van der Waals surface area contributed by atoms with Gasteiger partial charge in [-0.2, -0.15) is 18.3 Å². The number of anilines is 1. The number of amides is 1. The van der Waals surface area contributed by atoms with E-state index in [0.29, 0.717) is 23.7 Å². The first kappa shape index (κ1) is 25.4. The van der Waals surface area contributed by atoms with Gasteiger partial charge in [-0.05, 0) is 43.2 Å². The number of nitrogens with one attached hydrogen (secondary N) is 1. The minimum absolute atomic E-state index is 0.0789. The van der Waals surface area contributed by atoms with E-state index in [4.69, 9.17) is 22.1 Å². The molecule has 0 aliphatic carbocycles. The molecule has 0 radical (unpaired) electrons. The second-order valence-electron chi connectivity index (χ2n) is 8.02. The van der Waals surface area contributed by atoms with Gasteiger partial charge in [0.15, 0.2) is 5.82 Å². The summed E-state index contributed by atoms with van der Waals surface area (Å²) in [4.78, 5) is 20.8. The van der Waals surface area contributed by atoms with E-state index in [1.165, 1.54) is 12.3 Å². The number of halogens is 4. The number of methoxy groups -OCH3 is 1. The molecule has 0 spiro atoms. The highest BCUT2D eigenvalue weighted by molar-refractivity contribution is 6.30. The van der Waals surface area contributed by atoms with Gasteiger partial charge in [-0.25, -0.2) is 9.50 Å². The summed E-state index contributed by atoms with van der Waals surface area (Å²) in [7, 11) is 1.58. The third kappa shape index (κ3) is 5.12. The monoisotopic (exact) mass is 518 g/mol. The summed E-state index contributed by atoms with van der Waals surface area (Å²) in [6.45, 7) is 1.93. The Kier molecular flexibility index (Phi) is 7.14. The smallest absolute Gasteiger partial charge is 0.382 e. The van der Waals surface area contributed by atoms with Gasteiger partial charge < -0.3 is 15.8 Å². The predicted molar refractivity (Wildman–Crippen MR) is 129 cm³/mol. The lowest BCUT2D eigenvalue weighted by atomic mass is 10.1. The first-order valence-corrected chi connectivity index (χ1v) is 11.2. The van der Waals surface area contributed by atoms with Crippen LogP contribution in [-0.2, 0) is 10.9 Å². The summed E-state index contributed by atoms with van der Waals surface area (Å²) in [5.74, 6) is -0.728. The number of aromatic nitrogens is 4. The van der Waals surface area contributed by atoms with Crippen LogP contribution in [0.25, 0.3) is 16.8 Å². The lowest BCUT2D eigenvalue weighted by Gasteiger charge is -2.16. The molecule has 3 heterocycles. The Labute approximate surface area is 209 Å². The number of aryl methyl sites for hydroxylation is 1. The third-order valence-corrected chi connectivity index (χ3v) is 5.99. The number of rotatable bonds is 7. The molecule has 0 aliphatic heterocycles. The first-order valence-electron chi connectivity index (χ1n) is 10.8. The van der Waals surface area contributed by atoms with E-state index < -0.39 is 17.6 Å².